The minimum Gasteiger partial charge on any atom is -0.464 e. The molecule has 1 aromatic carbocycles. The number of furan rings is 1. The molecule has 2 aromatic rings. The summed E-state index contributed by atoms with van der Waals surface area (Å²) in [5, 5.41) is 4.19. The summed E-state index contributed by atoms with van der Waals surface area (Å²) >= 11 is 0. The van der Waals surface area contributed by atoms with Gasteiger partial charge in [-0.15, -0.1) is 0 Å². The first-order chi connectivity index (χ1) is 9.61. The van der Waals surface area contributed by atoms with Crippen LogP contribution in [0.5, 0.6) is 0 Å². The molecule has 0 aliphatic heterocycles. The van der Waals surface area contributed by atoms with E-state index >= 15 is 0 Å². The van der Waals surface area contributed by atoms with Crippen molar-refractivity contribution in [1.29, 1.82) is 0 Å². The smallest absolute Gasteiger partial charge is 0.224 e. The molecule has 106 valence electrons. The van der Waals surface area contributed by atoms with E-state index in [0.29, 0.717) is 12.5 Å². The second-order valence-electron chi connectivity index (χ2n) is 6.12. The molecule has 0 saturated heterocycles. The normalized spacial score (nSPS) is 22.3. The van der Waals surface area contributed by atoms with E-state index in [2.05, 4.69) is 18.3 Å². The zero-order valence-corrected chi connectivity index (χ0v) is 12.1. The summed E-state index contributed by atoms with van der Waals surface area (Å²) in [6.45, 7) is 4.29. The molecular formula is C17H21NO2. The summed E-state index contributed by atoms with van der Waals surface area (Å²) in [4.78, 5) is 12.1. The molecule has 2 atom stereocenters. The molecule has 0 radical (unpaired) electrons. The van der Waals surface area contributed by atoms with Crippen LogP contribution in [-0.4, -0.2) is 11.9 Å². The Hall–Kier alpha value is -1.77. The quantitative estimate of drug-likeness (QED) is 0.927. The van der Waals surface area contributed by atoms with Gasteiger partial charge in [0.25, 0.3) is 0 Å². The highest BCUT2D eigenvalue weighted by molar-refractivity contribution is 5.88. The van der Waals surface area contributed by atoms with Crippen molar-refractivity contribution >= 4 is 16.9 Å². The third kappa shape index (κ3) is 2.72. The fourth-order valence-electron chi connectivity index (χ4n) is 3.12. The Morgan fingerprint density at radius 2 is 2.25 bits per heavy atom. The Morgan fingerprint density at radius 1 is 1.40 bits per heavy atom. The van der Waals surface area contributed by atoms with E-state index in [9.17, 15) is 4.79 Å². The standard InChI is InChI=1S/C17H21NO2/c1-11-3-5-14(7-11)18-17(19)9-13-10-20-16-8-12(2)4-6-15(13)16/h4,6,8,10-11,14H,3,5,7,9H2,1-2H3,(H,18,19). The fraction of sp³-hybridized carbons (Fsp3) is 0.471. The van der Waals surface area contributed by atoms with E-state index in [1.807, 2.05) is 19.1 Å². The highest BCUT2D eigenvalue weighted by Gasteiger charge is 2.23. The average Bonchev–Trinajstić information content (AvgIpc) is 2.96. The van der Waals surface area contributed by atoms with Crippen LogP contribution in [0.2, 0.25) is 0 Å². The van der Waals surface area contributed by atoms with Crippen LogP contribution in [0.15, 0.2) is 28.9 Å². The molecule has 0 spiro atoms. The van der Waals surface area contributed by atoms with Gasteiger partial charge >= 0.3 is 0 Å². The molecule has 3 heteroatoms. The molecule has 1 aliphatic rings. The molecule has 1 heterocycles. The molecule has 1 aliphatic carbocycles. The topological polar surface area (TPSA) is 42.2 Å². The van der Waals surface area contributed by atoms with Crippen molar-refractivity contribution in [3.63, 3.8) is 0 Å². The first-order valence-corrected chi connectivity index (χ1v) is 7.38. The Bertz CT molecular complexity index is 629. The first kappa shape index (κ1) is 13.2. The third-order valence-electron chi connectivity index (χ3n) is 4.22. The zero-order valence-electron chi connectivity index (χ0n) is 12.1. The molecule has 1 amide bonds. The van der Waals surface area contributed by atoms with Gasteiger partial charge in [-0.2, -0.15) is 0 Å². The van der Waals surface area contributed by atoms with Crippen LogP contribution in [0.1, 0.15) is 37.3 Å². The molecule has 2 unspecified atom stereocenters. The lowest BCUT2D eigenvalue weighted by molar-refractivity contribution is -0.121. The van der Waals surface area contributed by atoms with Crippen molar-refractivity contribution in [1.82, 2.24) is 5.32 Å². The number of aryl methyl sites for hydroxylation is 1. The van der Waals surface area contributed by atoms with Crippen LogP contribution >= 0.6 is 0 Å². The summed E-state index contributed by atoms with van der Waals surface area (Å²) < 4.78 is 5.54. The van der Waals surface area contributed by atoms with Gasteiger partial charge < -0.3 is 9.73 Å². The van der Waals surface area contributed by atoms with Crippen molar-refractivity contribution in [2.75, 3.05) is 0 Å². The molecule has 0 bridgehead atoms. The van der Waals surface area contributed by atoms with Gasteiger partial charge in [0.1, 0.15) is 5.58 Å². The van der Waals surface area contributed by atoms with Gasteiger partial charge in [-0.25, -0.2) is 0 Å². The molecule has 3 nitrogen and oxygen atoms in total. The molecule has 1 saturated carbocycles. The van der Waals surface area contributed by atoms with Crippen LogP contribution < -0.4 is 5.32 Å². The zero-order chi connectivity index (χ0) is 14.1. The number of hydrogen-bond donors (Lipinski definition) is 1. The van der Waals surface area contributed by atoms with Crippen molar-refractivity contribution in [3.05, 3.63) is 35.6 Å². The number of benzene rings is 1. The van der Waals surface area contributed by atoms with Crippen LogP contribution in [0.4, 0.5) is 0 Å². The number of carbonyl (C=O) groups excluding carboxylic acids is 1. The molecule has 3 rings (SSSR count). The fourth-order valence-corrected chi connectivity index (χ4v) is 3.12. The van der Waals surface area contributed by atoms with Gasteiger partial charge in [-0.05, 0) is 43.7 Å². The van der Waals surface area contributed by atoms with E-state index in [4.69, 9.17) is 4.42 Å². The van der Waals surface area contributed by atoms with E-state index in [1.54, 1.807) is 6.26 Å². The number of nitrogens with one attached hydrogen (secondary N) is 1. The van der Waals surface area contributed by atoms with Crippen molar-refractivity contribution in [2.24, 2.45) is 5.92 Å². The van der Waals surface area contributed by atoms with Crippen LogP contribution in [-0.2, 0) is 11.2 Å². The highest BCUT2D eigenvalue weighted by Crippen LogP contribution is 2.25. The van der Waals surface area contributed by atoms with Gasteiger partial charge in [-0.3, -0.25) is 4.79 Å². The Labute approximate surface area is 119 Å². The number of fused-ring (bicyclic) bond motifs is 1. The van der Waals surface area contributed by atoms with Crippen LogP contribution in [0.3, 0.4) is 0 Å². The largest absolute Gasteiger partial charge is 0.464 e. The van der Waals surface area contributed by atoms with E-state index in [-0.39, 0.29) is 5.91 Å². The number of rotatable bonds is 3. The van der Waals surface area contributed by atoms with Gasteiger partial charge in [0.2, 0.25) is 5.91 Å². The van der Waals surface area contributed by atoms with E-state index in [1.165, 1.54) is 12.0 Å². The number of amides is 1. The van der Waals surface area contributed by atoms with Gasteiger partial charge in [0, 0.05) is 17.0 Å². The minimum absolute atomic E-state index is 0.104. The second-order valence-corrected chi connectivity index (χ2v) is 6.12. The maximum Gasteiger partial charge on any atom is 0.224 e. The predicted molar refractivity (Wildman–Crippen MR) is 79.6 cm³/mol. The SMILES string of the molecule is Cc1ccc2c(CC(=O)NC3CCC(C)C3)coc2c1. The lowest BCUT2D eigenvalue weighted by Gasteiger charge is -2.11. The lowest BCUT2D eigenvalue weighted by atomic mass is 10.1. The Morgan fingerprint density at radius 3 is 3.00 bits per heavy atom. The molecule has 1 N–H and O–H groups in total. The summed E-state index contributed by atoms with van der Waals surface area (Å²) in [6.07, 6.45) is 5.55. The second kappa shape index (κ2) is 5.31. The number of carbonyl (C=O) groups is 1. The predicted octanol–water partition coefficient (Wildman–Crippen LogP) is 3.59. The number of hydrogen-bond acceptors (Lipinski definition) is 2. The highest BCUT2D eigenvalue weighted by atomic mass is 16.3. The van der Waals surface area contributed by atoms with Crippen molar-refractivity contribution in [2.45, 2.75) is 45.6 Å². The summed E-state index contributed by atoms with van der Waals surface area (Å²) in [7, 11) is 0. The van der Waals surface area contributed by atoms with Crippen molar-refractivity contribution < 1.29 is 9.21 Å². The summed E-state index contributed by atoms with van der Waals surface area (Å²) in [6, 6.07) is 6.46. The van der Waals surface area contributed by atoms with Crippen LogP contribution in [0.25, 0.3) is 11.0 Å². The minimum atomic E-state index is 0.104. The average molecular weight is 271 g/mol. The monoisotopic (exact) mass is 271 g/mol. The molecule has 20 heavy (non-hydrogen) atoms. The molecule has 1 fully saturated rings. The third-order valence-corrected chi connectivity index (χ3v) is 4.22. The van der Waals surface area contributed by atoms with E-state index in [0.717, 1.165) is 35.3 Å². The maximum atomic E-state index is 12.1. The van der Waals surface area contributed by atoms with E-state index < -0.39 is 0 Å². The molecule has 1 aromatic heterocycles. The molecular weight excluding hydrogens is 250 g/mol. The summed E-state index contributed by atoms with van der Waals surface area (Å²) in [5.41, 5.74) is 3.01. The van der Waals surface area contributed by atoms with Gasteiger partial charge in [-0.1, -0.05) is 19.1 Å². The van der Waals surface area contributed by atoms with Gasteiger partial charge in [0.15, 0.2) is 0 Å². The van der Waals surface area contributed by atoms with Crippen molar-refractivity contribution in [3.8, 4) is 0 Å². The van der Waals surface area contributed by atoms with Gasteiger partial charge in [0.05, 0.1) is 12.7 Å². The van der Waals surface area contributed by atoms with Crippen LogP contribution in [0, 0.1) is 12.8 Å². The Balaban J connectivity index is 1.68. The summed E-state index contributed by atoms with van der Waals surface area (Å²) in [5.74, 6) is 0.838. The first-order valence-electron chi connectivity index (χ1n) is 7.38. The Kier molecular flexibility index (Phi) is 3.51. The lowest BCUT2D eigenvalue weighted by Crippen LogP contribution is -2.33. The maximum absolute atomic E-state index is 12.1.